The first kappa shape index (κ1) is 9.83. The van der Waals surface area contributed by atoms with Crippen LogP contribution in [-0.4, -0.2) is 24.3 Å². The molecule has 1 aromatic rings. The van der Waals surface area contributed by atoms with E-state index >= 15 is 0 Å². The minimum absolute atomic E-state index is 0.318. The third-order valence-corrected chi connectivity index (χ3v) is 2.46. The summed E-state index contributed by atoms with van der Waals surface area (Å²) in [6, 6.07) is 4.30. The maximum atomic E-state index is 9.74. The van der Waals surface area contributed by atoms with Crippen LogP contribution in [0.5, 0.6) is 5.75 Å². The second-order valence-corrected chi connectivity index (χ2v) is 3.56. The number of phenols is 1. The van der Waals surface area contributed by atoms with E-state index in [0.717, 1.165) is 16.8 Å². The van der Waals surface area contributed by atoms with Gasteiger partial charge in [0.1, 0.15) is 12.4 Å². The maximum Gasteiger partial charge on any atom is 0.289 e. The Kier molecular flexibility index (Phi) is 2.49. The molecule has 0 radical (unpaired) electrons. The van der Waals surface area contributed by atoms with E-state index in [1.165, 1.54) is 0 Å². The number of rotatable bonds is 1. The highest BCUT2D eigenvalue weighted by Gasteiger charge is 2.11. The van der Waals surface area contributed by atoms with Crippen molar-refractivity contribution in [2.75, 3.05) is 18.5 Å². The summed E-state index contributed by atoms with van der Waals surface area (Å²) in [5, 5.41) is 12.8. The summed E-state index contributed by atoms with van der Waals surface area (Å²) in [5.41, 5.74) is 2.51. The molecule has 0 saturated carbocycles. The molecule has 80 valence electrons. The number of nitrogens with zero attached hydrogens (tertiary/aromatic N) is 1. The topological polar surface area (TPSA) is 53.9 Å². The summed E-state index contributed by atoms with van der Waals surface area (Å²) in [6.45, 7) is 5.05. The molecular formula is C11H14N2O2. The van der Waals surface area contributed by atoms with Crippen LogP contribution in [-0.2, 0) is 4.74 Å². The van der Waals surface area contributed by atoms with E-state index in [-0.39, 0.29) is 0 Å². The number of aromatic hydroxyl groups is 1. The molecule has 1 aliphatic rings. The number of aryl methyl sites for hydroxylation is 1. The van der Waals surface area contributed by atoms with Crippen LogP contribution in [0.3, 0.4) is 0 Å². The molecule has 0 aromatic heterocycles. The van der Waals surface area contributed by atoms with Gasteiger partial charge < -0.3 is 15.2 Å². The van der Waals surface area contributed by atoms with Gasteiger partial charge in [-0.3, -0.25) is 0 Å². The van der Waals surface area contributed by atoms with Gasteiger partial charge in [-0.2, -0.15) is 0 Å². The van der Waals surface area contributed by atoms with Crippen LogP contribution >= 0.6 is 0 Å². The Morgan fingerprint density at radius 3 is 2.87 bits per heavy atom. The normalized spacial score (nSPS) is 14.7. The van der Waals surface area contributed by atoms with E-state index in [9.17, 15) is 5.11 Å². The molecule has 1 aromatic carbocycles. The summed E-state index contributed by atoms with van der Waals surface area (Å²) < 4.78 is 5.24. The number of aliphatic imine (C=N–C) groups is 1. The second kappa shape index (κ2) is 3.81. The van der Waals surface area contributed by atoms with Crippen LogP contribution in [0, 0.1) is 13.8 Å². The zero-order valence-electron chi connectivity index (χ0n) is 8.87. The first-order valence-electron chi connectivity index (χ1n) is 4.92. The molecule has 2 N–H and O–H groups in total. The summed E-state index contributed by atoms with van der Waals surface area (Å²) >= 11 is 0. The number of nitrogens with one attached hydrogen (secondary N) is 1. The largest absolute Gasteiger partial charge is 0.507 e. The number of anilines is 1. The van der Waals surface area contributed by atoms with Crippen LogP contribution in [0.4, 0.5) is 5.69 Å². The summed E-state index contributed by atoms with van der Waals surface area (Å²) in [7, 11) is 0. The van der Waals surface area contributed by atoms with Crippen molar-refractivity contribution in [3.05, 3.63) is 23.3 Å². The molecule has 1 heterocycles. The smallest absolute Gasteiger partial charge is 0.289 e. The molecule has 1 aliphatic heterocycles. The van der Waals surface area contributed by atoms with Crippen LogP contribution in [0.2, 0.25) is 0 Å². The van der Waals surface area contributed by atoms with Crippen LogP contribution in [0.1, 0.15) is 11.1 Å². The van der Waals surface area contributed by atoms with Crippen molar-refractivity contribution in [3.63, 3.8) is 0 Å². The lowest BCUT2D eigenvalue weighted by Crippen LogP contribution is -2.12. The zero-order chi connectivity index (χ0) is 10.8. The summed E-state index contributed by atoms with van der Waals surface area (Å²) in [5.74, 6) is 0.318. The third kappa shape index (κ3) is 1.88. The highest BCUT2D eigenvalue weighted by molar-refractivity contribution is 5.91. The fourth-order valence-electron chi connectivity index (χ4n) is 1.50. The summed E-state index contributed by atoms with van der Waals surface area (Å²) in [6.07, 6.45) is 0. The van der Waals surface area contributed by atoms with Gasteiger partial charge in [0.05, 0.1) is 6.54 Å². The Bertz CT molecular complexity index is 413. The Balaban J connectivity index is 2.25. The highest BCUT2D eigenvalue weighted by atomic mass is 16.5. The van der Waals surface area contributed by atoms with Gasteiger partial charge in [-0.25, -0.2) is 4.99 Å². The predicted molar refractivity (Wildman–Crippen MR) is 59.5 cm³/mol. The third-order valence-electron chi connectivity index (χ3n) is 2.46. The first-order valence-corrected chi connectivity index (χ1v) is 4.92. The molecule has 0 bridgehead atoms. The molecule has 0 fully saturated rings. The average Bonchev–Trinajstić information content (AvgIpc) is 2.72. The molecule has 15 heavy (non-hydrogen) atoms. The summed E-state index contributed by atoms with van der Waals surface area (Å²) in [4.78, 5) is 4.13. The van der Waals surface area contributed by atoms with Gasteiger partial charge in [-0.15, -0.1) is 0 Å². The van der Waals surface area contributed by atoms with E-state index in [2.05, 4.69) is 10.3 Å². The number of ether oxygens (including phenoxy) is 1. The first-order chi connectivity index (χ1) is 7.18. The predicted octanol–water partition coefficient (Wildman–Crippen LogP) is 1.81. The number of hydrogen-bond donors (Lipinski definition) is 2. The van der Waals surface area contributed by atoms with Crippen molar-refractivity contribution in [3.8, 4) is 5.75 Å². The number of amidine groups is 1. The fraction of sp³-hybridized carbons (Fsp3) is 0.364. The van der Waals surface area contributed by atoms with Crippen molar-refractivity contribution in [1.29, 1.82) is 0 Å². The molecule has 0 amide bonds. The van der Waals surface area contributed by atoms with E-state index < -0.39 is 0 Å². The molecule has 0 saturated heterocycles. The molecule has 0 aliphatic carbocycles. The lowest BCUT2D eigenvalue weighted by Gasteiger charge is -2.11. The Hall–Kier alpha value is -1.71. The molecule has 4 nitrogen and oxygen atoms in total. The van der Waals surface area contributed by atoms with Crippen molar-refractivity contribution in [2.24, 2.45) is 4.99 Å². The van der Waals surface area contributed by atoms with Gasteiger partial charge >= 0.3 is 0 Å². The Morgan fingerprint density at radius 1 is 1.40 bits per heavy atom. The van der Waals surface area contributed by atoms with Gasteiger partial charge in [0, 0.05) is 11.3 Å². The standard InChI is InChI=1S/C11H14N2O2/c1-7-3-4-9(8(2)10(7)14)13-11-12-5-6-15-11/h3-4,14H,5-6H2,1-2H3,(H,12,13). The van der Waals surface area contributed by atoms with Gasteiger partial charge in [-0.05, 0) is 25.5 Å². The van der Waals surface area contributed by atoms with E-state index in [0.29, 0.717) is 24.9 Å². The van der Waals surface area contributed by atoms with Gasteiger partial charge in [0.15, 0.2) is 0 Å². The van der Waals surface area contributed by atoms with E-state index in [1.54, 1.807) is 0 Å². The Labute approximate surface area is 88.6 Å². The Morgan fingerprint density at radius 2 is 2.20 bits per heavy atom. The highest BCUT2D eigenvalue weighted by Crippen LogP contribution is 2.28. The van der Waals surface area contributed by atoms with Gasteiger partial charge in [0.25, 0.3) is 6.02 Å². The lowest BCUT2D eigenvalue weighted by molar-refractivity contribution is 0.346. The van der Waals surface area contributed by atoms with E-state index in [1.807, 2.05) is 26.0 Å². The van der Waals surface area contributed by atoms with Crippen LogP contribution in [0.25, 0.3) is 0 Å². The quantitative estimate of drug-likeness (QED) is 0.736. The van der Waals surface area contributed by atoms with Gasteiger partial charge in [-0.1, -0.05) is 6.07 Å². The minimum Gasteiger partial charge on any atom is -0.507 e. The van der Waals surface area contributed by atoms with Crippen molar-refractivity contribution < 1.29 is 9.84 Å². The molecule has 4 heteroatoms. The van der Waals surface area contributed by atoms with Crippen molar-refractivity contribution in [2.45, 2.75) is 13.8 Å². The molecular weight excluding hydrogens is 192 g/mol. The van der Waals surface area contributed by atoms with Crippen LogP contribution in [0.15, 0.2) is 17.1 Å². The monoisotopic (exact) mass is 206 g/mol. The molecule has 2 rings (SSSR count). The minimum atomic E-state index is 0.318. The second-order valence-electron chi connectivity index (χ2n) is 3.56. The van der Waals surface area contributed by atoms with Crippen LogP contribution < -0.4 is 5.32 Å². The number of hydrogen-bond acceptors (Lipinski definition) is 4. The zero-order valence-corrected chi connectivity index (χ0v) is 8.87. The fourth-order valence-corrected chi connectivity index (χ4v) is 1.50. The SMILES string of the molecule is Cc1ccc(NC2=NCCO2)c(C)c1O. The van der Waals surface area contributed by atoms with Crippen molar-refractivity contribution >= 4 is 11.7 Å². The number of benzene rings is 1. The van der Waals surface area contributed by atoms with Gasteiger partial charge in [0.2, 0.25) is 0 Å². The van der Waals surface area contributed by atoms with E-state index in [4.69, 9.17) is 4.74 Å². The molecule has 0 atom stereocenters. The molecule has 0 unspecified atom stereocenters. The number of phenolic OH excluding ortho intramolecular Hbond substituents is 1. The average molecular weight is 206 g/mol. The lowest BCUT2D eigenvalue weighted by atomic mass is 10.1. The maximum absolute atomic E-state index is 9.74. The van der Waals surface area contributed by atoms with Crippen molar-refractivity contribution in [1.82, 2.24) is 0 Å². The molecule has 0 spiro atoms.